The van der Waals surface area contributed by atoms with E-state index >= 15 is 0 Å². The van der Waals surface area contributed by atoms with Crippen molar-refractivity contribution in [2.45, 2.75) is 58.1 Å². The first-order valence-electron chi connectivity index (χ1n) is 7.52. The summed E-state index contributed by atoms with van der Waals surface area (Å²) < 4.78 is 5.19. The molecule has 1 atom stereocenters. The van der Waals surface area contributed by atoms with Gasteiger partial charge in [-0.05, 0) is 51.3 Å². The molecule has 2 N–H and O–H groups in total. The van der Waals surface area contributed by atoms with Gasteiger partial charge in [-0.2, -0.15) is 0 Å². The van der Waals surface area contributed by atoms with Crippen molar-refractivity contribution in [1.29, 1.82) is 0 Å². The Hall–Kier alpha value is -1.10. The van der Waals surface area contributed by atoms with Gasteiger partial charge in [-0.1, -0.05) is 29.3 Å². The zero-order valence-corrected chi connectivity index (χ0v) is 15.2. The summed E-state index contributed by atoms with van der Waals surface area (Å²) in [5.74, 6) is -0.426. The summed E-state index contributed by atoms with van der Waals surface area (Å²) >= 11 is 11.8. The standard InChI is InChI=1S/C17H23Cl2NO3/c1-17(2,3)23-16(22)9-7-14(20)15(21)8-5-11-4-6-12(18)13(19)10-11/h4,6,10,14H,5,7-9,20H2,1-3H3/t14-/m0/s1. The van der Waals surface area contributed by atoms with Gasteiger partial charge >= 0.3 is 5.97 Å². The Balaban J connectivity index is 2.39. The molecule has 0 unspecified atom stereocenters. The molecular weight excluding hydrogens is 337 g/mol. The number of carbonyl (C=O) groups is 2. The van der Waals surface area contributed by atoms with Crippen molar-refractivity contribution in [3.63, 3.8) is 0 Å². The summed E-state index contributed by atoms with van der Waals surface area (Å²) in [4.78, 5) is 23.6. The van der Waals surface area contributed by atoms with E-state index in [1.807, 2.05) is 6.07 Å². The van der Waals surface area contributed by atoms with Gasteiger partial charge in [-0.3, -0.25) is 9.59 Å². The molecule has 1 aromatic rings. The van der Waals surface area contributed by atoms with Crippen LogP contribution in [-0.4, -0.2) is 23.4 Å². The number of carbonyl (C=O) groups excluding carboxylic acids is 2. The van der Waals surface area contributed by atoms with Crippen molar-refractivity contribution < 1.29 is 14.3 Å². The first-order valence-corrected chi connectivity index (χ1v) is 8.28. The van der Waals surface area contributed by atoms with Crippen LogP contribution in [0.4, 0.5) is 0 Å². The number of hydrogen-bond donors (Lipinski definition) is 1. The van der Waals surface area contributed by atoms with Crippen LogP contribution in [0.5, 0.6) is 0 Å². The Morgan fingerprint density at radius 3 is 2.39 bits per heavy atom. The molecule has 0 aliphatic rings. The first-order chi connectivity index (χ1) is 10.6. The molecule has 6 heteroatoms. The molecular formula is C17H23Cl2NO3. The van der Waals surface area contributed by atoms with Crippen LogP contribution in [0.1, 0.15) is 45.6 Å². The van der Waals surface area contributed by atoms with Crippen molar-refractivity contribution >= 4 is 35.0 Å². The summed E-state index contributed by atoms with van der Waals surface area (Å²) in [5.41, 5.74) is 6.24. The molecule has 0 aliphatic heterocycles. The number of aryl methyl sites for hydroxylation is 1. The molecule has 0 saturated heterocycles. The van der Waals surface area contributed by atoms with Gasteiger partial charge in [0.25, 0.3) is 0 Å². The van der Waals surface area contributed by atoms with Crippen LogP contribution in [-0.2, 0) is 20.7 Å². The lowest BCUT2D eigenvalue weighted by Gasteiger charge is -2.20. The third-order valence-electron chi connectivity index (χ3n) is 3.14. The molecule has 0 bridgehead atoms. The second-order valence-corrected chi connectivity index (χ2v) is 7.26. The smallest absolute Gasteiger partial charge is 0.306 e. The molecule has 1 aromatic carbocycles. The molecule has 4 nitrogen and oxygen atoms in total. The Morgan fingerprint density at radius 1 is 1.17 bits per heavy atom. The Morgan fingerprint density at radius 2 is 1.83 bits per heavy atom. The zero-order chi connectivity index (χ0) is 17.6. The van der Waals surface area contributed by atoms with E-state index in [1.54, 1.807) is 32.9 Å². The SMILES string of the molecule is CC(C)(C)OC(=O)CC[C@H](N)C(=O)CCc1ccc(Cl)c(Cl)c1. The first kappa shape index (κ1) is 19.9. The minimum absolute atomic E-state index is 0.0837. The number of ketones is 1. The molecule has 23 heavy (non-hydrogen) atoms. The highest BCUT2D eigenvalue weighted by molar-refractivity contribution is 6.42. The zero-order valence-electron chi connectivity index (χ0n) is 13.7. The van der Waals surface area contributed by atoms with E-state index in [4.69, 9.17) is 33.7 Å². The van der Waals surface area contributed by atoms with Gasteiger partial charge in [0.1, 0.15) is 11.4 Å². The van der Waals surface area contributed by atoms with Gasteiger partial charge in [0.15, 0.2) is 0 Å². The van der Waals surface area contributed by atoms with Crippen molar-refractivity contribution in [1.82, 2.24) is 0 Å². The molecule has 0 heterocycles. The minimum atomic E-state index is -0.662. The van der Waals surface area contributed by atoms with E-state index in [0.29, 0.717) is 22.9 Å². The van der Waals surface area contributed by atoms with E-state index in [1.165, 1.54) is 0 Å². The molecule has 1 rings (SSSR count). The molecule has 0 saturated carbocycles. The summed E-state index contributed by atoms with van der Waals surface area (Å²) in [7, 11) is 0. The predicted octanol–water partition coefficient (Wildman–Crippen LogP) is 3.94. The van der Waals surface area contributed by atoms with Gasteiger partial charge in [0, 0.05) is 12.8 Å². The van der Waals surface area contributed by atoms with Crippen LogP contribution in [0.2, 0.25) is 10.0 Å². The van der Waals surface area contributed by atoms with E-state index in [0.717, 1.165) is 5.56 Å². The number of benzene rings is 1. The second kappa shape index (κ2) is 8.67. The number of ether oxygens (including phenoxy) is 1. The average molecular weight is 360 g/mol. The van der Waals surface area contributed by atoms with Crippen LogP contribution in [0.15, 0.2) is 18.2 Å². The van der Waals surface area contributed by atoms with Crippen molar-refractivity contribution in [2.75, 3.05) is 0 Å². The number of esters is 1. The number of hydrogen-bond acceptors (Lipinski definition) is 4. The lowest BCUT2D eigenvalue weighted by atomic mass is 10.0. The van der Waals surface area contributed by atoms with E-state index < -0.39 is 11.6 Å². The minimum Gasteiger partial charge on any atom is -0.460 e. The Labute approximate surface area is 147 Å². The maximum absolute atomic E-state index is 12.0. The summed E-state index contributed by atoms with van der Waals surface area (Å²) in [6.45, 7) is 5.40. The van der Waals surface area contributed by atoms with Crippen LogP contribution in [0, 0.1) is 0 Å². The molecule has 128 valence electrons. The monoisotopic (exact) mass is 359 g/mol. The van der Waals surface area contributed by atoms with Crippen molar-refractivity contribution in [3.05, 3.63) is 33.8 Å². The van der Waals surface area contributed by atoms with E-state index in [9.17, 15) is 9.59 Å². The number of rotatable bonds is 7. The number of Topliss-reactive ketones (excluding diaryl/α,β-unsaturated/α-hetero) is 1. The van der Waals surface area contributed by atoms with Gasteiger partial charge in [0.05, 0.1) is 16.1 Å². The van der Waals surface area contributed by atoms with Gasteiger partial charge in [0.2, 0.25) is 0 Å². The third-order valence-corrected chi connectivity index (χ3v) is 3.88. The number of nitrogens with two attached hydrogens (primary N) is 1. The van der Waals surface area contributed by atoms with Crippen molar-refractivity contribution in [2.24, 2.45) is 5.73 Å². The Kier molecular flexibility index (Phi) is 7.52. The molecule has 0 aliphatic carbocycles. The molecule has 0 spiro atoms. The molecule has 0 aromatic heterocycles. The summed E-state index contributed by atoms with van der Waals surface area (Å²) in [6, 6.07) is 4.61. The third kappa shape index (κ3) is 7.82. The number of halogens is 2. The lowest BCUT2D eigenvalue weighted by Crippen LogP contribution is -2.32. The van der Waals surface area contributed by atoms with Gasteiger partial charge in [-0.25, -0.2) is 0 Å². The fourth-order valence-corrected chi connectivity index (χ4v) is 2.30. The predicted molar refractivity (Wildman–Crippen MR) is 92.8 cm³/mol. The highest BCUT2D eigenvalue weighted by Gasteiger charge is 2.19. The topological polar surface area (TPSA) is 69.4 Å². The largest absolute Gasteiger partial charge is 0.460 e. The van der Waals surface area contributed by atoms with Crippen LogP contribution < -0.4 is 5.73 Å². The fraction of sp³-hybridized carbons (Fsp3) is 0.529. The van der Waals surface area contributed by atoms with E-state index in [-0.39, 0.29) is 24.6 Å². The maximum Gasteiger partial charge on any atom is 0.306 e. The van der Waals surface area contributed by atoms with E-state index in [2.05, 4.69) is 0 Å². The Bertz CT molecular complexity index is 567. The van der Waals surface area contributed by atoms with Gasteiger partial charge < -0.3 is 10.5 Å². The second-order valence-electron chi connectivity index (χ2n) is 6.45. The van der Waals surface area contributed by atoms with Crippen molar-refractivity contribution in [3.8, 4) is 0 Å². The molecule has 0 radical (unpaired) electrons. The van der Waals surface area contributed by atoms with Crippen LogP contribution >= 0.6 is 23.2 Å². The fourth-order valence-electron chi connectivity index (χ4n) is 1.97. The average Bonchev–Trinajstić information content (AvgIpc) is 2.43. The molecule has 0 fully saturated rings. The lowest BCUT2D eigenvalue weighted by molar-refractivity contribution is -0.155. The van der Waals surface area contributed by atoms with Gasteiger partial charge in [-0.15, -0.1) is 0 Å². The maximum atomic E-state index is 12.0. The highest BCUT2D eigenvalue weighted by atomic mass is 35.5. The van der Waals surface area contributed by atoms with Crippen LogP contribution in [0.3, 0.4) is 0 Å². The summed E-state index contributed by atoms with van der Waals surface area (Å²) in [5, 5.41) is 0.946. The normalized spacial score (nSPS) is 12.8. The quantitative estimate of drug-likeness (QED) is 0.748. The van der Waals surface area contributed by atoms with Crippen LogP contribution in [0.25, 0.3) is 0 Å². The molecule has 0 amide bonds. The highest BCUT2D eigenvalue weighted by Crippen LogP contribution is 2.23. The summed E-state index contributed by atoms with van der Waals surface area (Å²) in [6.07, 6.45) is 1.26.